The molecule has 0 saturated heterocycles. The lowest BCUT2D eigenvalue weighted by Gasteiger charge is -2.07. The van der Waals surface area contributed by atoms with E-state index in [1.807, 2.05) is 24.6 Å². The van der Waals surface area contributed by atoms with Crippen LogP contribution in [0.3, 0.4) is 0 Å². The highest BCUT2D eigenvalue weighted by atomic mass is 19.1. The minimum absolute atomic E-state index is 0.169. The number of anilines is 1. The summed E-state index contributed by atoms with van der Waals surface area (Å²) in [4.78, 5) is 25.4. The van der Waals surface area contributed by atoms with E-state index >= 15 is 0 Å². The highest BCUT2D eigenvalue weighted by Crippen LogP contribution is 2.31. The van der Waals surface area contributed by atoms with Gasteiger partial charge in [-0.2, -0.15) is 5.10 Å². The number of amides is 1. The summed E-state index contributed by atoms with van der Waals surface area (Å²) in [5.74, 6) is 0.797. The van der Waals surface area contributed by atoms with Crippen molar-refractivity contribution < 1.29 is 13.6 Å². The SMILES string of the molecule is Cc1nc(C(=O)Nc2cn3nc(-c4c(-c5ccc(F)cc5)nc(C)n4C)ccc3n2)co1. The molecule has 9 nitrogen and oxygen atoms in total. The lowest BCUT2D eigenvalue weighted by Crippen LogP contribution is -2.12. The van der Waals surface area contributed by atoms with Crippen LogP contribution < -0.4 is 5.32 Å². The summed E-state index contributed by atoms with van der Waals surface area (Å²) in [5.41, 5.74) is 3.65. The Balaban J connectivity index is 1.52. The topological polar surface area (TPSA) is 103 Å². The largest absolute Gasteiger partial charge is 0.448 e. The fourth-order valence-electron chi connectivity index (χ4n) is 3.43. The number of aromatic nitrogens is 6. The highest BCUT2D eigenvalue weighted by Gasteiger charge is 2.19. The third-order valence-corrected chi connectivity index (χ3v) is 5.09. The van der Waals surface area contributed by atoms with Gasteiger partial charge in [0.25, 0.3) is 5.91 Å². The first-order chi connectivity index (χ1) is 15.4. The molecule has 0 radical (unpaired) electrons. The number of halogens is 1. The molecule has 32 heavy (non-hydrogen) atoms. The fraction of sp³-hybridized carbons (Fsp3) is 0.136. The summed E-state index contributed by atoms with van der Waals surface area (Å²) < 4.78 is 22.0. The van der Waals surface area contributed by atoms with Gasteiger partial charge >= 0.3 is 0 Å². The van der Waals surface area contributed by atoms with Crippen LogP contribution >= 0.6 is 0 Å². The van der Waals surface area contributed by atoms with Gasteiger partial charge in [-0.15, -0.1) is 0 Å². The zero-order chi connectivity index (χ0) is 22.4. The summed E-state index contributed by atoms with van der Waals surface area (Å²) in [6.07, 6.45) is 2.91. The van der Waals surface area contributed by atoms with Crippen LogP contribution in [0.4, 0.5) is 10.2 Å². The molecule has 5 aromatic rings. The molecule has 4 aromatic heterocycles. The molecule has 5 rings (SSSR count). The molecule has 0 aliphatic carbocycles. The average Bonchev–Trinajstić information content (AvgIpc) is 3.45. The fourth-order valence-corrected chi connectivity index (χ4v) is 3.43. The zero-order valence-corrected chi connectivity index (χ0v) is 17.5. The van der Waals surface area contributed by atoms with E-state index in [1.165, 1.54) is 18.4 Å². The Labute approximate surface area is 181 Å². The Bertz CT molecular complexity index is 1460. The summed E-state index contributed by atoms with van der Waals surface area (Å²) in [7, 11) is 1.90. The van der Waals surface area contributed by atoms with Gasteiger partial charge in [0.15, 0.2) is 23.0 Å². The first-order valence-electron chi connectivity index (χ1n) is 9.78. The minimum Gasteiger partial charge on any atom is -0.448 e. The molecule has 10 heteroatoms. The van der Waals surface area contributed by atoms with Crippen molar-refractivity contribution in [2.24, 2.45) is 7.05 Å². The molecule has 1 amide bonds. The second-order valence-corrected chi connectivity index (χ2v) is 7.28. The number of rotatable bonds is 4. The summed E-state index contributed by atoms with van der Waals surface area (Å²) >= 11 is 0. The highest BCUT2D eigenvalue weighted by molar-refractivity contribution is 6.02. The molecule has 0 aliphatic rings. The van der Waals surface area contributed by atoms with Crippen molar-refractivity contribution in [3.8, 4) is 22.6 Å². The van der Waals surface area contributed by atoms with Crippen molar-refractivity contribution in [3.05, 3.63) is 72.1 Å². The number of carbonyl (C=O) groups is 1. The summed E-state index contributed by atoms with van der Waals surface area (Å²) in [6, 6.07) is 9.82. The second-order valence-electron chi connectivity index (χ2n) is 7.28. The van der Waals surface area contributed by atoms with Crippen molar-refractivity contribution in [2.75, 3.05) is 5.32 Å². The van der Waals surface area contributed by atoms with E-state index in [-0.39, 0.29) is 11.5 Å². The van der Waals surface area contributed by atoms with Gasteiger partial charge in [0.05, 0.1) is 17.6 Å². The smallest absolute Gasteiger partial charge is 0.278 e. The van der Waals surface area contributed by atoms with Crippen LogP contribution in [0.15, 0.2) is 53.3 Å². The van der Waals surface area contributed by atoms with E-state index in [0.29, 0.717) is 28.7 Å². The molecule has 0 atom stereocenters. The molecule has 0 bridgehead atoms. The molecule has 4 heterocycles. The Hall–Kier alpha value is -4.34. The number of nitrogens with zero attached hydrogens (tertiary/aromatic N) is 6. The quantitative estimate of drug-likeness (QED) is 0.464. The molecule has 1 aromatic carbocycles. The number of oxazole rings is 1. The van der Waals surface area contributed by atoms with E-state index in [1.54, 1.807) is 35.8 Å². The van der Waals surface area contributed by atoms with Crippen LogP contribution in [0, 0.1) is 19.7 Å². The van der Waals surface area contributed by atoms with Crippen LogP contribution in [0.5, 0.6) is 0 Å². The van der Waals surface area contributed by atoms with Gasteiger partial charge in [0, 0.05) is 19.5 Å². The van der Waals surface area contributed by atoms with Crippen molar-refractivity contribution in [1.82, 2.24) is 29.1 Å². The number of benzene rings is 1. The van der Waals surface area contributed by atoms with Gasteiger partial charge in [-0.25, -0.2) is 23.9 Å². The average molecular weight is 431 g/mol. The van der Waals surface area contributed by atoms with Crippen LogP contribution in [0.2, 0.25) is 0 Å². The van der Waals surface area contributed by atoms with E-state index < -0.39 is 5.91 Å². The number of carbonyl (C=O) groups excluding carboxylic acids is 1. The minimum atomic E-state index is -0.425. The van der Waals surface area contributed by atoms with Gasteiger partial charge in [0.1, 0.15) is 23.6 Å². The van der Waals surface area contributed by atoms with Gasteiger partial charge in [-0.05, 0) is 43.3 Å². The number of hydrogen-bond acceptors (Lipinski definition) is 6. The monoisotopic (exact) mass is 431 g/mol. The first-order valence-corrected chi connectivity index (χ1v) is 9.78. The molecular weight excluding hydrogens is 413 g/mol. The maximum atomic E-state index is 13.4. The van der Waals surface area contributed by atoms with Crippen LogP contribution in [-0.2, 0) is 7.05 Å². The maximum absolute atomic E-state index is 13.4. The molecule has 1 N–H and O–H groups in total. The van der Waals surface area contributed by atoms with E-state index in [4.69, 9.17) is 4.42 Å². The van der Waals surface area contributed by atoms with Crippen molar-refractivity contribution in [3.63, 3.8) is 0 Å². The van der Waals surface area contributed by atoms with E-state index in [2.05, 4.69) is 25.4 Å². The number of aryl methyl sites for hydroxylation is 2. The summed E-state index contributed by atoms with van der Waals surface area (Å²) in [6.45, 7) is 3.55. The van der Waals surface area contributed by atoms with Gasteiger partial charge in [-0.1, -0.05) is 0 Å². The third kappa shape index (κ3) is 3.41. The van der Waals surface area contributed by atoms with Gasteiger partial charge in [-0.3, -0.25) is 4.79 Å². The molecule has 0 aliphatic heterocycles. The third-order valence-electron chi connectivity index (χ3n) is 5.09. The van der Waals surface area contributed by atoms with E-state index in [9.17, 15) is 9.18 Å². The lowest BCUT2D eigenvalue weighted by atomic mass is 10.1. The van der Waals surface area contributed by atoms with Crippen LogP contribution in [-0.4, -0.2) is 35.0 Å². The Morgan fingerprint density at radius 1 is 1.06 bits per heavy atom. The molecule has 0 unspecified atom stereocenters. The molecule has 0 fully saturated rings. The standard InChI is InChI=1S/C22H18FN7O2/c1-12-24-20(14-4-6-15(23)7-5-14)21(29(12)3)16-8-9-19-26-18(10-30(19)28-16)27-22(31)17-11-32-13(2)25-17/h4-11H,1-3H3,(H,27,31). The Kier molecular flexibility index (Phi) is 4.54. The van der Waals surface area contributed by atoms with Crippen molar-refractivity contribution >= 4 is 17.4 Å². The van der Waals surface area contributed by atoms with E-state index in [0.717, 1.165) is 17.1 Å². The van der Waals surface area contributed by atoms with Gasteiger partial charge in [0.2, 0.25) is 0 Å². The maximum Gasteiger partial charge on any atom is 0.278 e. The second kappa shape index (κ2) is 7.41. The predicted octanol–water partition coefficient (Wildman–Crippen LogP) is 3.79. The van der Waals surface area contributed by atoms with Gasteiger partial charge < -0.3 is 14.3 Å². The zero-order valence-electron chi connectivity index (χ0n) is 17.5. The Morgan fingerprint density at radius 3 is 2.56 bits per heavy atom. The van der Waals surface area contributed by atoms with Crippen LogP contribution in [0.1, 0.15) is 22.2 Å². The van der Waals surface area contributed by atoms with Crippen molar-refractivity contribution in [2.45, 2.75) is 13.8 Å². The molecule has 0 saturated carbocycles. The Morgan fingerprint density at radius 2 is 1.84 bits per heavy atom. The predicted molar refractivity (Wildman–Crippen MR) is 115 cm³/mol. The number of imidazole rings is 2. The summed E-state index contributed by atoms with van der Waals surface area (Å²) in [5, 5.41) is 7.35. The first kappa shape index (κ1) is 19.6. The molecular formula is C22H18FN7O2. The lowest BCUT2D eigenvalue weighted by molar-refractivity contribution is 0.102. The number of nitrogens with one attached hydrogen (secondary N) is 1. The van der Waals surface area contributed by atoms with Crippen molar-refractivity contribution in [1.29, 1.82) is 0 Å². The number of hydrogen-bond donors (Lipinski definition) is 1. The normalized spacial score (nSPS) is 11.2. The molecule has 0 spiro atoms. The number of fused-ring (bicyclic) bond motifs is 1. The van der Waals surface area contributed by atoms with Crippen LogP contribution in [0.25, 0.3) is 28.3 Å². The molecule has 160 valence electrons.